The van der Waals surface area contributed by atoms with Gasteiger partial charge in [0.05, 0.1) is 17.4 Å². The number of hydrogen-bond acceptors (Lipinski definition) is 8. The van der Waals surface area contributed by atoms with Crippen molar-refractivity contribution in [3.05, 3.63) is 36.2 Å². The third-order valence-electron chi connectivity index (χ3n) is 9.24. The average Bonchev–Trinajstić information content (AvgIpc) is 3.39. The molecule has 1 aliphatic carbocycles. The predicted octanol–water partition coefficient (Wildman–Crippen LogP) is 4.59. The molecule has 3 fully saturated rings. The zero-order valence-corrected chi connectivity index (χ0v) is 24.7. The van der Waals surface area contributed by atoms with Crippen LogP contribution in [0, 0.1) is 5.41 Å². The van der Waals surface area contributed by atoms with Gasteiger partial charge >= 0.3 is 0 Å². The Bertz CT molecular complexity index is 1250. The first-order valence-corrected chi connectivity index (χ1v) is 15.0. The number of rotatable bonds is 5. The molecule has 214 valence electrons. The number of anilines is 4. The molecule has 1 amide bonds. The monoisotopic (exact) mass is 544 g/mol. The van der Waals surface area contributed by atoms with Crippen LogP contribution in [0.3, 0.4) is 0 Å². The molecular weight excluding hydrogens is 500 g/mol. The molecule has 2 aromatic rings. The van der Waals surface area contributed by atoms with Crippen molar-refractivity contribution < 1.29 is 4.79 Å². The van der Waals surface area contributed by atoms with Gasteiger partial charge in [-0.1, -0.05) is 45.8 Å². The Morgan fingerprint density at radius 3 is 2.50 bits per heavy atom. The first kappa shape index (κ1) is 27.0. The minimum absolute atomic E-state index is 0.0449. The Kier molecular flexibility index (Phi) is 6.97. The number of pyridine rings is 1. The molecule has 0 radical (unpaired) electrons. The van der Waals surface area contributed by atoms with Gasteiger partial charge in [0.15, 0.2) is 0 Å². The van der Waals surface area contributed by atoms with Crippen molar-refractivity contribution in [3.63, 3.8) is 0 Å². The number of carbonyl (C=O) groups excluding carboxylic acids is 1. The number of piperazine rings is 2. The lowest BCUT2D eigenvalue weighted by atomic mass is 9.87. The Balaban J connectivity index is 1.16. The molecule has 1 saturated carbocycles. The van der Waals surface area contributed by atoms with E-state index in [0.29, 0.717) is 35.8 Å². The number of fused-ring (bicyclic) bond motifs is 4. The van der Waals surface area contributed by atoms with Gasteiger partial charge in [0, 0.05) is 43.5 Å². The first-order valence-electron chi connectivity index (χ1n) is 15.0. The molecule has 9 nitrogen and oxygen atoms in total. The fourth-order valence-electron chi connectivity index (χ4n) is 7.02. The number of nitrogens with one attached hydrogen (secondary N) is 2. The van der Waals surface area contributed by atoms with E-state index < -0.39 is 0 Å². The average molecular weight is 545 g/mol. The van der Waals surface area contributed by atoms with Crippen LogP contribution in [0.1, 0.15) is 72.3 Å². The standard InChI is InChI=1S/C31H44N8O/c1-21-18-37(19-22(2)38(21)15-14-30(3,4)5)24-9-11-26(32-17-24)35-29-33-16-23-8-10-25-28(40)34-20-31(12-6-7-13-31)39(25)27(23)36-29/h8-11,16-17,21-22,25H,6-7,12-15,18-20H2,1-5H3,(H,34,40)(H,32,33,35,36). The molecule has 0 aromatic carbocycles. The molecule has 3 aliphatic heterocycles. The number of carbonyl (C=O) groups is 1. The summed E-state index contributed by atoms with van der Waals surface area (Å²) in [5, 5.41) is 6.46. The quantitative estimate of drug-likeness (QED) is 0.565. The Morgan fingerprint density at radius 2 is 1.82 bits per heavy atom. The third kappa shape index (κ3) is 5.16. The summed E-state index contributed by atoms with van der Waals surface area (Å²) in [6.07, 6.45) is 13.4. The van der Waals surface area contributed by atoms with E-state index in [9.17, 15) is 4.79 Å². The second-order valence-corrected chi connectivity index (χ2v) is 13.5. The number of amides is 1. The summed E-state index contributed by atoms with van der Waals surface area (Å²) >= 11 is 0. The lowest BCUT2D eigenvalue weighted by molar-refractivity contribution is -0.123. The van der Waals surface area contributed by atoms with Crippen LogP contribution >= 0.6 is 0 Å². The summed E-state index contributed by atoms with van der Waals surface area (Å²) in [7, 11) is 0. The van der Waals surface area contributed by atoms with E-state index in [-0.39, 0.29) is 17.5 Å². The van der Waals surface area contributed by atoms with Crippen LogP contribution < -0.4 is 20.4 Å². The Hall–Kier alpha value is -3.20. The minimum Gasteiger partial charge on any atom is -0.367 e. The van der Waals surface area contributed by atoms with Crippen LogP contribution in [0.25, 0.3) is 6.08 Å². The molecule has 3 unspecified atom stereocenters. The predicted molar refractivity (Wildman–Crippen MR) is 161 cm³/mol. The fraction of sp³-hybridized carbons (Fsp3) is 0.613. The zero-order chi connectivity index (χ0) is 28.1. The van der Waals surface area contributed by atoms with Crippen LogP contribution in [0.15, 0.2) is 30.6 Å². The van der Waals surface area contributed by atoms with Crippen LogP contribution in [0.2, 0.25) is 0 Å². The molecule has 6 rings (SSSR count). The molecule has 3 atom stereocenters. The molecule has 2 saturated heterocycles. The van der Waals surface area contributed by atoms with Gasteiger partial charge in [0.25, 0.3) is 0 Å². The van der Waals surface area contributed by atoms with Crippen molar-refractivity contribution in [3.8, 4) is 0 Å². The minimum atomic E-state index is -0.321. The molecule has 1 spiro atoms. The second kappa shape index (κ2) is 10.3. The van der Waals surface area contributed by atoms with Crippen molar-refractivity contribution in [2.75, 3.05) is 41.3 Å². The van der Waals surface area contributed by atoms with Gasteiger partial charge in [-0.05, 0) is 57.2 Å². The summed E-state index contributed by atoms with van der Waals surface area (Å²) in [6, 6.07) is 4.81. The third-order valence-corrected chi connectivity index (χ3v) is 9.24. The normalized spacial score (nSPS) is 26.0. The molecule has 40 heavy (non-hydrogen) atoms. The summed E-state index contributed by atoms with van der Waals surface area (Å²) in [5.74, 6) is 2.10. The highest BCUT2D eigenvalue weighted by atomic mass is 16.2. The van der Waals surface area contributed by atoms with Gasteiger partial charge in [-0.2, -0.15) is 4.98 Å². The SMILES string of the molecule is CC1CN(c2ccc(Nc3ncc4c(n3)N3C(C=C4)C(=O)NCC34CCCC4)nc2)CC(C)N1CCC(C)(C)C. The van der Waals surface area contributed by atoms with E-state index in [4.69, 9.17) is 9.97 Å². The lowest BCUT2D eigenvalue weighted by Gasteiger charge is -2.50. The summed E-state index contributed by atoms with van der Waals surface area (Å²) in [5.41, 5.74) is 2.37. The van der Waals surface area contributed by atoms with E-state index in [1.807, 2.05) is 30.6 Å². The molecule has 2 N–H and O–H groups in total. The van der Waals surface area contributed by atoms with Crippen molar-refractivity contribution >= 4 is 35.3 Å². The van der Waals surface area contributed by atoms with Crippen LogP contribution in [-0.2, 0) is 4.79 Å². The highest BCUT2D eigenvalue weighted by molar-refractivity contribution is 5.93. The molecule has 0 bridgehead atoms. The van der Waals surface area contributed by atoms with Gasteiger partial charge in [0.2, 0.25) is 11.9 Å². The smallest absolute Gasteiger partial charge is 0.246 e. The van der Waals surface area contributed by atoms with E-state index in [0.717, 1.165) is 49.5 Å². The van der Waals surface area contributed by atoms with Gasteiger partial charge in [-0.25, -0.2) is 9.97 Å². The number of aromatic nitrogens is 3. The maximum atomic E-state index is 12.8. The maximum Gasteiger partial charge on any atom is 0.246 e. The summed E-state index contributed by atoms with van der Waals surface area (Å²) in [4.78, 5) is 34.4. The summed E-state index contributed by atoms with van der Waals surface area (Å²) in [6.45, 7) is 15.4. The molecule has 5 heterocycles. The molecule has 2 aromatic heterocycles. The Morgan fingerprint density at radius 1 is 1.07 bits per heavy atom. The molecular formula is C31H44N8O. The Labute approximate surface area is 238 Å². The molecule has 4 aliphatic rings. The van der Waals surface area contributed by atoms with E-state index in [2.05, 4.69) is 71.0 Å². The van der Waals surface area contributed by atoms with E-state index in [1.165, 1.54) is 19.3 Å². The van der Waals surface area contributed by atoms with E-state index in [1.54, 1.807) is 0 Å². The van der Waals surface area contributed by atoms with Gasteiger partial charge in [-0.3, -0.25) is 9.69 Å². The van der Waals surface area contributed by atoms with E-state index >= 15 is 0 Å². The van der Waals surface area contributed by atoms with Crippen molar-refractivity contribution in [2.24, 2.45) is 5.41 Å². The lowest BCUT2D eigenvalue weighted by Crippen LogP contribution is -2.67. The number of hydrogen-bond donors (Lipinski definition) is 2. The maximum absolute atomic E-state index is 12.8. The topological polar surface area (TPSA) is 89.5 Å². The largest absolute Gasteiger partial charge is 0.367 e. The van der Waals surface area contributed by atoms with Gasteiger partial charge in [-0.15, -0.1) is 0 Å². The highest BCUT2D eigenvalue weighted by Gasteiger charge is 2.50. The van der Waals surface area contributed by atoms with Gasteiger partial charge in [0.1, 0.15) is 17.7 Å². The van der Waals surface area contributed by atoms with Crippen molar-refractivity contribution in [2.45, 2.75) is 90.4 Å². The van der Waals surface area contributed by atoms with Crippen molar-refractivity contribution in [1.29, 1.82) is 0 Å². The highest BCUT2D eigenvalue weighted by Crippen LogP contribution is 2.44. The molecule has 9 heteroatoms. The zero-order valence-electron chi connectivity index (χ0n) is 24.7. The fourth-order valence-corrected chi connectivity index (χ4v) is 7.02. The van der Waals surface area contributed by atoms with Gasteiger partial charge < -0.3 is 20.4 Å². The number of nitrogens with zero attached hydrogens (tertiary/aromatic N) is 6. The summed E-state index contributed by atoms with van der Waals surface area (Å²) < 4.78 is 0. The van der Waals surface area contributed by atoms with Crippen LogP contribution in [0.4, 0.5) is 23.3 Å². The first-order chi connectivity index (χ1) is 19.1. The van der Waals surface area contributed by atoms with Crippen LogP contribution in [0.5, 0.6) is 0 Å². The van der Waals surface area contributed by atoms with Crippen LogP contribution in [-0.4, -0.2) is 75.6 Å². The second-order valence-electron chi connectivity index (χ2n) is 13.5. The van der Waals surface area contributed by atoms with Crippen molar-refractivity contribution in [1.82, 2.24) is 25.2 Å².